The average Bonchev–Trinajstić information content (AvgIpc) is 3.53. The molecule has 4 aromatic heterocycles. The van der Waals surface area contributed by atoms with Crippen molar-refractivity contribution in [2.24, 2.45) is 0 Å². The third-order valence-electron chi connectivity index (χ3n) is 8.32. The van der Waals surface area contributed by atoms with Crippen LogP contribution in [0.2, 0.25) is 0 Å². The summed E-state index contributed by atoms with van der Waals surface area (Å²) < 4.78 is 2.24. The number of hydrogen-bond donors (Lipinski definition) is 1. The van der Waals surface area contributed by atoms with E-state index < -0.39 is 0 Å². The molecule has 8 aromatic rings. The summed E-state index contributed by atoms with van der Waals surface area (Å²) in [4.78, 5) is 9.91. The third-order valence-corrected chi connectivity index (χ3v) is 8.32. The summed E-state index contributed by atoms with van der Waals surface area (Å²) in [5, 5.41) is 16.1. The first-order chi connectivity index (χ1) is 20.4. The van der Waals surface area contributed by atoms with Gasteiger partial charge in [0.15, 0.2) is 0 Å². The normalized spacial score (nSPS) is 12.0. The van der Waals surface area contributed by atoms with E-state index in [4.69, 9.17) is 9.97 Å². The predicted molar refractivity (Wildman–Crippen MR) is 172 cm³/mol. The van der Waals surface area contributed by atoms with Gasteiger partial charge in [-0.2, -0.15) is 0 Å². The molecule has 1 N–H and O–H groups in total. The second-order valence-corrected chi connectivity index (χ2v) is 12.0. The fourth-order valence-corrected chi connectivity index (χ4v) is 6.31. The van der Waals surface area contributed by atoms with E-state index in [0.717, 1.165) is 61.1 Å². The molecule has 0 atom stereocenters. The van der Waals surface area contributed by atoms with Crippen LogP contribution in [0.1, 0.15) is 26.3 Å². The van der Waals surface area contributed by atoms with Gasteiger partial charge in [0.05, 0.1) is 11.2 Å². The van der Waals surface area contributed by atoms with Crippen LogP contribution in [-0.2, 0) is 26.5 Å². The summed E-state index contributed by atoms with van der Waals surface area (Å²) in [6.07, 6.45) is 1.85. The molecule has 0 radical (unpaired) electrons. The molecule has 0 bridgehead atoms. The average molecular weight is 738 g/mol. The Bertz CT molecular complexity index is 2300. The maximum atomic E-state index is 11.4. The zero-order valence-corrected chi connectivity index (χ0v) is 26.3. The van der Waals surface area contributed by atoms with Crippen LogP contribution in [0, 0.1) is 6.07 Å². The first-order valence-electron chi connectivity index (χ1n) is 14.2. The number of para-hydroxylation sites is 2. The van der Waals surface area contributed by atoms with Crippen molar-refractivity contribution in [2.45, 2.75) is 26.2 Å². The molecule has 0 fully saturated rings. The van der Waals surface area contributed by atoms with Gasteiger partial charge >= 0.3 is 0 Å². The van der Waals surface area contributed by atoms with Crippen LogP contribution in [0.25, 0.3) is 71.9 Å². The summed E-state index contributed by atoms with van der Waals surface area (Å²) in [5.41, 5.74) is 9.03. The minimum absolute atomic E-state index is 0. The Labute approximate surface area is 264 Å². The van der Waals surface area contributed by atoms with Gasteiger partial charge in [-0.1, -0.05) is 92.9 Å². The molecule has 4 nitrogen and oxygen atoms in total. The zero-order valence-electron chi connectivity index (χ0n) is 24.0. The predicted octanol–water partition coefficient (Wildman–Crippen LogP) is 9.43. The Balaban J connectivity index is 0.00000300. The van der Waals surface area contributed by atoms with Crippen molar-refractivity contribution in [1.29, 1.82) is 0 Å². The standard InChI is InChI=1S/C38H28N3O.Pt/c1-38(2,3)31-16-8-14-30(36(31)42)33-21-25(23-10-5-4-6-11-23)20-32(40-33)24-17-18-26-27-12-7-13-28-29-15-9-19-39-37(29)41(35(27)28)34(26)22-24;/h4-21,42H,1-3H3;/q-1;. The Morgan fingerprint density at radius 1 is 0.698 bits per heavy atom. The van der Waals surface area contributed by atoms with Crippen molar-refractivity contribution < 1.29 is 26.2 Å². The molecule has 0 aliphatic heterocycles. The topological polar surface area (TPSA) is 50.4 Å². The van der Waals surface area contributed by atoms with Crippen LogP contribution in [0.5, 0.6) is 5.75 Å². The fraction of sp³-hybridized carbons (Fsp3) is 0.105. The quantitative estimate of drug-likeness (QED) is 0.184. The van der Waals surface area contributed by atoms with Crippen LogP contribution < -0.4 is 0 Å². The molecule has 0 aliphatic rings. The molecule has 43 heavy (non-hydrogen) atoms. The van der Waals surface area contributed by atoms with Crippen LogP contribution in [0.4, 0.5) is 0 Å². The van der Waals surface area contributed by atoms with Crippen LogP contribution in [-0.4, -0.2) is 19.5 Å². The molecule has 5 heteroatoms. The first kappa shape index (κ1) is 27.3. The molecule has 4 heterocycles. The van der Waals surface area contributed by atoms with Crippen molar-refractivity contribution in [3.63, 3.8) is 0 Å². The number of aromatic hydroxyl groups is 1. The summed E-state index contributed by atoms with van der Waals surface area (Å²) in [7, 11) is 0. The molecule has 4 aromatic carbocycles. The van der Waals surface area contributed by atoms with Gasteiger partial charge in [-0.3, -0.25) is 4.98 Å². The van der Waals surface area contributed by atoms with E-state index in [1.165, 1.54) is 16.3 Å². The summed E-state index contributed by atoms with van der Waals surface area (Å²) in [6, 6.07) is 39.0. The van der Waals surface area contributed by atoms with E-state index in [2.05, 4.69) is 91.9 Å². The van der Waals surface area contributed by atoms with Gasteiger partial charge in [0.2, 0.25) is 0 Å². The Hall–Kier alpha value is -4.53. The second-order valence-electron chi connectivity index (χ2n) is 12.0. The fourth-order valence-electron chi connectivity index (χ4n) is 6.31. The molecular weight excluding hydrogens is 710 g/mol. The van der Waals surface area contributed by atoms with Crippen LogP contribution >= 0.6 is 0 Å². The van der Waals surface area contributed by atoms with E-state index in [1.807, 2.05) is 48.7 Å². The maximum Gasteiger partial charge on any atom is 0.144 e. The van der Waals surface area contributed by atoms with Crippen LogP contribution in [0.15, 0.2) is 109 Å². The summed E-state index contributed by atoms with van der Waals surface area (Å²) >= 11 is 0. The van der Waals surface area contributed by atoms with E-state index >= 15 is 0 Å². The Kier molecular flexibility index (Phi) is 6.37. The summed E-state index contributed by atoms with van der Waals surface area (Å²) in [6.45, 7) is 6.33. The zero-order chi connectivity index (χ0) is 28.6. The van der Waals surface area contributed by atoms with Gasteiger partial charge in [0, 0.05) is 43.6 Å². The number of fused-ring (bicyclic) bond motifs is 6. The van der Waals surface area contributed by atoms with E-state index in [-0.39, 0.29) is 32.2 Å². The molecule has 212 valence electrons. The van der Waals surface area contributed by atoms with Gasteiger partial charge in [-0.15, -0.1) is 23.8 Å². The van der Waals surface area contributed by atoms with E-state index in [1.54, 1.807) is 0 Å². The molecular formula is C38H28N3OPt-. The van der Waals surface area contributed by atoms with Gasteiger partial charge in [-0.05, 0) is 63.0 Å². The van der Waals surface area contributed by atoms with Crippen molar-refractivity contribution in [3.05, 3.63) is 121 Å². The molecule has 0 saturated heterocycles. The largest absolute Gasteiger partial charge is 0.507 e. The number of phenolic OH excluding ortho intramolecular Hbond substituents is 1. The monoisotopic (exact) mass is 737 g/mol. The van der Waals surface area contributed by atoms with Gasteiger partial charge in [-0.25, -0.2) is 4.98 Å². The molecule has 0 amide bonds. The Morgan fingerprint density at radius 3 is 2.21 bits per heavy atom. The minimum atomic E-state index is -0.207. The minimum Gasteiger partial charge on any atom is -0.507 e. The molecule has 8 rings (SSSR count). The van der Waals surface area contributed by atoms with Crippen molar-refractivity contribution in [1.82, 2.24) is 14.4 Å². The smallest absolute Gasteiger partial charge is 0.144 e. The number of aromatic nitrogens is 3. The van der Waals surface area contributed by atoms with Crippen molar-refractivity contribution in [2.75, 3.05) is 0 Å². The van der Waals surface area contributed by atoms with Gasteiger partial charge in [0.25, 0.3) is 0 Å². The SMILES string of the molecule is CC(C)(C)c1cccc(-c2cc(-c3ccccc3)cc(-c3[c-]c4c(cc3)c3cccc5c6cccnc6n4c35)n2)c1O.[Pt]. The molecule has 0 aliphatic carbocycles. The Morgan fingerprint density at radius 2 is 1.42 bits per heavy atom. The number of phenols is 1. The second kappa shape index (κ2) is 10.0. The number of hydrogen-bond acceptors (Lipinski definition) is 3. The van der Waals surface area contributed by atoms with Crippen molar-refractivity contribution in [3.8, 4) is 39.4 Å². The van der Waals surface area contributed by atoms with E-state index in [9.17, 15) is 5.11 Å². The number of pyridine rings is 2. The van der Waals surface area contributed by atoms with Gasteiger partial charge in [0.1, 0.15) is 11.4 Å². The number of nitrogens with zero attached hydrogens (tertiary/aromatic N) is 3. The van der Waals surface area contributed by atoms with Crippen molar-refractivity contribution >= 4 is 38.2 Å². The van der Waals surface area contributed by atoms with E-state index in [0.29, 0.717) is 0 Å². The number of rotatable bonds is 3. The summed E-state index contributed by atoms with van der Waals surface area (Å²) in [5.74, 6) is 0.273. The number of benzene rings is 4. The first-order valence-corrected chi connectivity index (χ1v) is 14.2. The van der Waals surface area contributed by atoms with Gasteiger partial charge < -0.3 is 9.51 Å². The molecule has 0 saturated carbocycles. The maximum absolute atomic E-state index is 11.4. The van der Waals surface area contributed by atoms with Crippen LogP contribution in [0.3, 0.4) is 0 Å². The third kappa shape index (κ3) is 4.24. The molecule has 0 spiro atoms. The molecule has 0 unspecified atom stereocenters.